The van der Waals surface area contributed by atoms with E-state index in [9.17, 15) is 5.11 Å². The molecule has 6 nitrogen and oxygen atoms in total. The van der Waals surface area contributed by atoms with Crippen LogP contribution in [0.2, 0.25) is 0 Å². The molecular formula is C19H33NO5. The molecule has 0 saturated carbocycles. The van der Waals surface area contributed by atoms with Crippen molar-refractivity contribution in [2.45, 2.75) is 26.5 Å². The zero-order chi connectivity index (χ0) is 18.7. The average Bonchev–Trinajstić information content (AvgIpc) is 2.59. The Labute approximate surface area is 151 Å². The first-order valence-corrected chi connectivity index (χ1v) is 8.68. The molecule has 0 saturated heterocycles. The predicted molar refractivity (Wildman–Crippen MR) is 98.4 cm³/mol. The van der Waals surface area contributed by atoms with Crippen molar-refractivity contribution in [1.29, 1.82) is 0 Å². The molecule has 1 unspecified atom stereocenters. The highest BCUT2D eigenvalue weighted by Gasteiger charge is 2.14. The second kappa shape index (κ2) is 12.1. The van der Waals surface area contributed by atoms with Gasteiger partial charge in [-0.25, -0.2) is 0 Å². The maximum absolute atomic E-state index is 10.2. The second-order valence-corrected chi connectivity index (χ2v) is 6.50. The fourth-order valence-corrected chi connectivity index (χ4v) is 2.48. The van der Waals surface area contributed by atoms with Gasteiger partial charge in [0.2, 0.25) is 0 Å². The van der Waals surface area contributed by atoms with Crippen LogP contribution in [0.5, 0.6) is 11.5 Å². The molecule has 1 rings (SSSR count). The smallest absolute Gasteiger partial charge is 0.161 e. The van der Waals surface area contributed by atoms with E-state index in [-0.39, 0.29) is 0 Å². The molecule has 0 spiro atoms. The van der Waals surface area contributed by atoms with Gasteiger partial charge in [0.15, 0.2) is 11.5 Å². The summed E-state index contributed by atoms with van der Waals surface area (Å²) in [6.45, 7) is 7.72. The van der Waals surface area contributed by atoms with Crippen LogP contribution >= 0.6 is 0 Å². The molecule has 0 aromatic heterocycles. The SMILES string of the molecule is COCCN(Cc1ccc(OC)c(OC)c1)CC(O)COCC(C)C. The van der Waals surface area contributed by atoms with Crippen LogP contribution < -0.4 is 9.47 Å². The van der Waals surface area contributed by atoms with Crippen molar-refractivity contribution >= 4 is 0 Å². The van der Waals surface area contributed by atoms with E-state index in [0.717, 1.165) is 12.1 Å². The molecule has 0 amide bonds. The minimum absolute atomic E-state index is 0.341. The lowest BCUT2D eigenvalue weighted by Crippen LogP contribution is -2.36. The minimum Gasteiger partial charge on any atom is -0.493 e. The van der Waals surface area contributed by atoms with Crippen LogP contribution in [0, 0.1) is 5.92 Å². The molecule has 0 fully saturated rings. The van der Waals surface area contributed by atoms with E-state index in [1.807, 2.05) is 18.2 Å². The van der Waals surface area contributed by atoms with Crippen LogP contribution in [0.4, 0.5) is 0 Å². The monoisotopic (exact) mass is 355 g/mol. The van der Waals surface area contributed by atoms with Gasteiger partial charge in [0, 0.05) is 33.4 Å². The normalized spacial score (nSPS) is 12.6. The van der Waals surface area contributed by atoms with Crippen LogP contribution in [0.1, 0.15) is 19.4 Å². The van der Waals surface area contributed by atoms with Crippen molar-refractivity contribution in [3.05, 3.63) is 23.8 Å². The van der Waals surface area contributed by atoms with Gasteiger partial charge in [-0.15, -0.1) is 0 Å². The molecule has 0 bridgehead atoms. The van der Waals surface area contributed by atoms with E-state index < -0.39 is 6.10 Å². The third kappa shape index (κ3) is 8.54. The van der Waals surface area contributed by atoms with Gasteiger partial charge in [0.25, 0.3) is 0 Å². The Hall–Kier alpha value is -1.34. The quantitative estimate of drug-likeness (QED) is 0.585. The zero-order valence-corrected chi connectivity index (χ0v) is 16.2. The summed E-state index contributed by atoms with van der Waals surface area (Å²) < 4.78 is 21.4. The molecule has 144 valence electrons. The van der Waals surface area contributed by atoms with Crippen molar-refractivity contribution in [2.24, 2.45) is 5.92 Å². The summed E-state index contributed by atoms with van der Waals surface area (Å²) >= 11 is 0. The molecule has 25 heavy (non-hydrogen) atoms. The lowest BCUT2D eigenvalue weighted by molar-refractivity contribution is 0.00335. The number of aliphatic hydroxyl groups excluding tert-OH is 1. The number of nitrogens with zero attached hydrogens (tertiary/aromatic N) is 1. The van der Waals surface area contributed by atoms with Gasteiger partial charge in [-0.2, -0.15) is 0 Å². The van der Waals surface area contributed by atoms with E-state index >= 15 is 0 Å². The van der Waals surface area contributed by atoms with Gasteiger partial charge in [-0.3, -0.25) is 4.90 Å². The van der Waals surface area contributed by atoms with Gasteiger partial charge >= 0.3 is 0 Å². The number of ether oxygens (including phenoxy) is 4. The number of hydrogen-bond acceptors (Lipinski definition) is 6. The van der Waals surface area contributed by atoms with Crippen molar-refractivity contribution in [1.82, 2.24) is 4.90 Å². The van der Waals surface area contributed by atoms with Crippen molar-refractivity contribution in [2.75, 3.05) is 54.2 Å². The van der Waals surface area contributed by atoms with Crippen LogP contribution in [-0.4, -0.2) is 70.3 Å². The molecule has 6 heteroatoms. The van der Waals surface area contributed by atoms with E-state index in [1.165, 1.54) is 0 Å². The lowest BCUT2D eigenvalue weighted by Gasteiger charge is -2.25. The molecule has 0 aliphatic rings. The van der Waals surface area contributed by atoms with Gasteiger partial charge in [-0.05, 0) is 23.6 Å². The van der Waals surface area contributed by atoms with Gasteiger partial charge < -0.3 is 24.1 Å². The molecular weight excluding hydrogens is 322 g/mol. The Morgan fingerprint density at radius 3 is 2.36 bits per heavy atom. The number of hydrogen-bond donors (Lipinski definition) is 1. The van der Waals surface area contributed by atoms with E-state index in [2.05, 4.69) is 18.7 Å². The molecule has 1 atom stereocenters. The van der Waals surface area contributed by atoms with Crippen LogP contribution in [0.15, 0.2) is 18.2 Å². The summed E-state index contributed by atoms with van der Waals surface area (Å²) in [7, 11) is 4.92. The predicted octanol–water partition coefficient (Wildman–Crippen LogP) is 2.19. The van der Waals surface area contributed by atoms with E-state index in [0.29, 0.717) is 50.3 Å². The maximum atomic E-state index is 10.2. The minimum atomic E-state index is -0.532. The first-order chi connectivity index (χ1) is 12.0. The number of methoxy groups -OCH3 is 3. The Bertz CT molecular complexity index is 481. The molecule has 0 radical (unpaired) electrons. The fourth-order valence-electron chi connectivity index (χ4n) is 2.48. The highest BCUT2D eigenvalue weighted by Crippen LogP contribution is 2.28. The third-order valence-corrected chi connectivity index (χ3v) is 3.70. The Balaban J connectivity index is 2.65. The van der Waals surface area contributed by atoms with Crippen LogP contribution in [0.25, 0.3) is 0 Å². The van der Waals surface area contributed by atoms with Gasteiger partial charge in [0.1, 0.15) is 0 Å². The van der Waals surface area contributed by atoms with Crippen molar-refractivity contribution in [3.63, 3.8) is 0 Å². The summed E-state index contributed by atoms with van der Waals surface area (Å²) in [4.78, 5) is 2.15. The Morgan fingerprint density at radius 2 is 1.76 bits per heavy atom. The molecule has 1 aromatic rings. The van der Waals surface area contributed by atoms with Gasteiger partial charge in [-0.1, -0.05) is 19.9 Å². The van der Waals surface area contributed by atoms with Gasteiger partial charge in [0.05, 0.1) is 33.5 Å². The van der Waals surface area contributed by atoms with Crippen LogP contribution in [0.3, 0.4) is 0 Å². The Morgan fingerprint density at radius 1 is 1.04 bits per heavy atom. The molecule has 1 aromatic carbocycles. The zero-order valence-electron chi connectivity index (χ0n) is 16.2. The summed E-state index contributed by atoms with van der Waals surface area (Å²) in [6.07, 6.45) is -0.532. The number of benzene rings is 1. The van der Waals surface area contributed by atoms with E-state index in [1.54, 1.807) is 21.3 Å². The molecule has 1 N–H and O–H groups in total. The van der Waals surface area contributed by atoms with E-state index in [4.69, 9.17) is 18.9 Å². The first kappa shape index (κ1) is 21.7. The Kier molecular flexibility index (Phi) is 10.5. The number of rotatable bonds is 13. The van der Waals surface area contributed by atoms with Crippen molar-refractivity contribution in [3.8, 4) is 11.5 Å². The largest absolute Gasteiger partial charge is 0.493 e. The molecule has 0 aliphatic heterocycles. The highest BCUT2D eigenvalue weighted by molar-refractivity contribution is 5.42. The third-order valence-electron chi connectivity index (χ3n) is 3.70. The maximum Gasteiger partial charge on any atom is 0.161 e. The lowest BCUT2D eigenvalue weighted by atomic mass is 10.1. The summed E-state index contributed by atoms with van der Waals surface area (Å²) in [6, 6.07) is 5.86. The summed E-state index contributed by atoms with van der Waals surface area (Å²) in [5, 5.41) is 10.2. The first-order valence-electron chi connectivity index (χ1n) is 8.68. The summed E-state index contributed by atoms with van der Waals surface area (Å²) in [5.74, 6) is 1.87. The number of aliphatic hydroxyl groups is 1. The topological polar surface area (TPSA) is 60.4 Å². The summed E-state index contributed by atoms with van der Waals surface area (Å²) in [5.41, 5.74) is 1.09. The standard InChI is InChI=1S/C19H33NO5/c1-15(2)13-25-14-17(21)12-20(8-9-22-3)11-16-6-7-18(23-4)19(10-16)24-5/h6-7,10,15,17,21H,8-9,11-14H2,1-5H3. The highest BCUT2D eigenvalue weighted by atomic mass is 16.5. The average molecular weight is 355 g/mol. The fraction of sp³-hybridized carbons (Fsp3) is 0.684. The van der Waals surface area contributed by atoms with Crippen LogP contribution in [-0.2, 0) is 16.0 Å². The second-order valence-electron chi connectivity index (χ2n) is 6.50. The molecule has 0 heterocycles. The molecule has 0 aliphatic carbocycles. The van der Waals surface area contributed by atoms with Crippen molar-refractivity contribution < 1.29 is 24.1 Å².